The van der Waals surface area contributed by atoms with Crippen molar-refractivity contribution in [2.45, 2.75) is 19.0 Å². The zero-order valence-corrected chi connectivity index (χ0v) is 19.8. The van der Waals surface area contributed by atoms with Crippen LogP contribution in [0, 0.1) is 11.3 Å². The molecule has 7 heteroatoms. The van der Waals surface area contributed by atoms with Crippen molar-refractivity contribution in [1.29, 1.82) is 5.26 Å². The number of rotatable bonds is 3. The van der Waals surface area contributed by atoms with Crippen LogP contribution in [0.4, 0.5) is 0 Å². The van der Waals surface area contributed by atoms with Crippen molar-refractivity contribution in [3.63, 3.8) is 0 Å². The third kappa shape index (κ3) is 3.63. The van der Waals surface area contributed by atoms with Crippen LogP contribution in [0.2, 0.25) is 0 Å². The molecule has 35 heavy (non-hydrogen) atoms. The van der Waals surface area contributed by atoms with Gasteiger partial charge >= 0.3 is 0 Å². The lowest BCUT2D eigenvalue weighted by Crippen LogP contribution is -2.34. The lowest BCUT2D eigenvalue weighted by molar-refractivity contribution is 0.0783. The molecule has 0 spiro atoms. The summed E-state index contributed by atoms with van der Waals surface area (Å²) in [6.45, 7) is 2.20. The average molecular weight is 463 g/mol. The minimum absolute atomic E-state index is 0.0956. The first-order valence-electron chi connectivity index (χ1n) is 11.9. The third-order valence-corrected chi connectivity index (χ3v) is 7.22. The molecule has 0 saturated carbocycles. The Morgan fingerprint density at radius 3 is 2.69 bits per heavy atom. The Bertz CT molecular complexity index is 1470. The second-order valence-corrected chi connectivity index (χ2v) is 9.55. The van der Waals surface area contributed by atoms with Gasteiger partial charge in [-0.15, -0.1) is 0 Å². The van der Waals surface area contributed by atoms with Gasteiger partial charge in [0.1, 0.15) is 0 Å². The highest BCUT2D eigenvalue weighted by Crippen LogP contribution is 2.34. The molecular weight excluding hydrogens is 436 g/mol. The van der Waals surface area contributed by atoms with E-state index in [1.54, 1.807) is 0 Å². The number of likely N-dealkylation sites (tertiary alicyclic amines) is 1. The van der Waals surface area contributed by atoms with E-state index in [1.165, 1.54) is 0 Å². The number of carbonyl (C=O) groups excluding carboxylic acids is 1. The topological polar surface area (TPSA) is 70.1 Å². The molecule has 4 heterocycles. The van der Waals surface area contributed by atoms with Crippen LogP contribution in [-0.4, -0.2) is 63.1 Å². The van der Waals surface area contributed by atoms with E-state index in [4.69, 9.17) is 5.26 Å². The molecule has 4 aromatic rings. The molecule has 0 aliphatic carbocycles. The Labute approximate surface area is 204 Å². The number of likely N-dealkylation sites (N-methyl/N-ethyl adjacent to an activating group) is 1. The molecule has 1 saturated heterocycles. The zero-order chi connectivity index (χ0) is 24.1. The van der Waals surface area contributed by atoms with Crippen molar-refractivity contribution >= 4 is 5.91 Å². The molecule has 0 N–H and O–H groups in total. The van der Waals surface area contributed by atoms with Crippen molar-refractivity contribution in [2.24, 2.45) is 0 Å². The first kappa shape index (κ1) is 21.4. The van der Waals surface area contributed by atoms with Crippen LogP contribution in [0.3, 0.4) is 0 Å². The third-order valence-electron chi connectivity index (χ3n) is 7.22. The van der Waals surface area contributed by atoms with E-state index in [0.29, 0.717) is 18.2 Å². The van der Waals surface area contributed by atoms with Crippen molar-refractivity contribution < 1.29 is 4.79 Å². The molecule has 7 nitrogen and oxygen atoms in total. The van der Waals surface area contributed by atoms with Gasteiger partial charge in [-0.2, -0.15) is 5.26 Å². The average Bonchev–Trinajstić information content (AvgIpc) is 3.62. The zero-order valence-electron chi connectivity index (χ0n) is 19.8. The fourth-order valence-corrected chi connectivity index (χ4v) is 5.21. The van der Waals surface area contributed by atoms with Crippen LogP contribution in [0.15, 0.2) is 67.1 Å². The summed E-state index contributed by atoms with van der Waals surface area (Å²) in [6.07, 6.45) is 6.92. The maximum absolute atomic E-state index is 13.3. The first-order chi connectivity index (χ1) is 17.0. The quantitative estimate of drug-likeness (QED) is 0.406. The van der Waals surface area contributed by atoms with Crippen molar-refractivity contribution in [3.8, 4) is 34.4 Å². The largest absolute Gasteiger partial charge is 0.340 e. The maximum atomic E-state index is 13.3. The molecule has 6 rings (SSSR count). The van der Waals surface area contributed by atoms with Crippen molar-refractivity contribution in [1.82, 2.24) is 23.9 Å². The minimum Gasteiger partial charge on any atom is -0.340 e. The van der Waals surface area contributed by atoms with Crippen LogP contribution >= 0.6 is 0 Å². The summed E-state index contributed by atoms with van der Waals surface area (Å²) >= 11 is 0. The SMILES string of the molecule is CN(C)C1CCN(C(=O)c2ccc3c(c2)Cn2cc(-c4ccc(C#N)cc4)cc2-c2nccn2-3)C1. The van der Waals surface area contributed by atoms with Gasteiger partial charge in [0, 0.05) is 55.4 Å². The fraction of sp³-hybridized carbons (Fsp3) is 0.250. The molecule has 1 atom stereocenters. The number of aromatic nitrogens is 3. The molecule has 174 valence electrons. The highest BCUT2D eigenvalue weighted by molar-refractivity contribution is 5.95. The molecule has 0 radical (unpaired) electrons. The monoisotopic (exact) mass is 462 g/mol. The van der Waals surface area contributed by atoms with Gasteiger partial charge in [-0.3, -0.25) is 9.36 Å². The number of carbonyl (C=O) groups is 1. The summed E-state index contributed by atoms with van der Waals surface area (Å²) in [5.74, 6) is 0.967. The molecule has 0 bridgehead atoms. The molecule has 2 aromatic heterocycles. The number of nitriles is 1. The Balaban J connectivity index is 1.37. The van der Waals surface area contributed by atoms with Crippen LogP contribution in [0.5, 0.6) is 0 Å². The van der Waals surface area contributed by atoms with Crippen LogP contribution in [0.25, 0.3) is 28.3 Å². The van der Waals surface area contributed by atoms with Crippen molar-refractivity contribution in [3.05, 3.63) is 83.8 Å². The predicted octanol–water partition coefficient (Wildman–Crippen LogP) is 4.02. The number of hydrogen-bond acceptors (Lipinski definition) is 4. The van der Waals surface area contributed by atoms with E-state index in [0.717, 1.165) is 59.0 Å². The van der Waals surface area contributed by atoms with Gasteiger partial charge in [-0.25, -0.2) is 4.98 Å². The lowest BCUT2D eigenvalue weighted by Gasteiger charge is -2.21. The van der Waals surface area contributed by atoms with Gasteiger partial charge in [0.05, 0.1) is 23.0 Å². The summed E-state index contributed by atoms with van der Waals surface area (Å²) in [4.78, 5) is 22.2. The number of nitrogens with zero attached hydrogens (tertiary/aromatic N) is 6. The number of benzene rings is 2. The van der Waals surface area contributed by atoms with Gasteiger partial charge in [-0.05, 0) is 68.0 Å². The summed E-state index contributed by atoms with van der Waals surface area (Å²) in [6, 6.07) is 18.4. The summed E-state index contributed by atoms with van der Waals surface area (Å²) in [5, 5.41) is 9.12. The van der Waals surface area contributed by atoms with Crippen LogP contribution < -0.4 is 0 Å². The van der Waals surface area contributed by atoms with Crippen molar-refractivity contribution in [2.75, 3.05) is 27.2 Å². The number of imidazole rings is 1. The molecule has 1 fully saturated rings. The molecule has 2 aliphatic rings. The van der Waals surface area contributed by atoms with E-state index in [1.807, 2.05) is 59.8 Å². The van der Waals surface area contributed by atoms with Gasteiger partial charge in [0.15, 0.2) is 5.82 Å². The predicted molar refractivity (Wildman–Crippen MR) is 134 cm³/mol. The van der Waals surface area contributed by atoms with Gasteiger partial charge in [-0.1, -0.05) is 12.1 Å². The highest BCUT2D eigenvalue weighted by Gasteiger charge is 2.29. The minimum atomic E-state index is 0.0956. The van der Waals surface area contributed by atoms with Crippen LogP contribution in [-0.2, 0) is 6.54 Å². The fourth-order valence-electron chi connectivity index (χ4n) is 5.21. The number of amides is 1. The normalized spacial score (nSPS) is 16.4. The smallest absolute Gasteiger partial charge is 0.253 e. The van der Waals surface area contributed by atoms with E-state index in [2.05, 4.69) is 51.4 Å². The lowest BCUT2D eigenvalue weighted by atomic mass is 10.1. The second-order valence-electron chi connectivity index (χ2n) is 9.55. The van der Waals surface area contributed by atoms with E-state index in [9.17, 15) is 4.79 Å². The first-order valence-corrected chi connectivity index (χ1v) is 11.9. The highest BCUT2D eigenvalue weighted by atomic mass is 16.2. The van der Waals surface area contributed by atoms with Gasteiger partial charge in [0.2, 0.25) is 0 Å². The van der Waals surface area contributed by atoms with Gasteiger partial charge < -0.3 is 14.4 Å². The Morgan fingerprint density at radius 2 is 1.94 bits per heavy atom. The summed E-state index contributed by atoms with van der Waals surface area (Å²) < 4.78 is 4.30. The maximum Gasteiger partial charge on any atom is 0.253 e. The molecule has 1 amide bonds. The summed E-state index contributed by atoms with van der Waals surface area (Å²) in [5.41, 5.74) is 6.65. The van der Waals surface area contributed by atoms with E-state index >= 15 is 0 Å². The molecule has 2 aliphatic heterocycles. The second kappa shape index (κ2) is 8.26. The number of hydrogen-bond donors (Lipinski definition) is 0. The molecule has 1 unspecified atom stereocenters. The Morgan fingerprint density at radius 1 is 1.11 bits per heavy atom. The molecule has 2 aromatic carbocycles. The van der Waals surface area contributed by atoms with Gasteiger partial charge in [0.25, 0.3) is 5.91 Å². The number of fused-ring (bicyclic) bond motifs is 5. The Hall–Kier alpha value is -4.15. The van der Waals surface area contributed by atoms with E-state index in [-0.39, 0.29) is 5.91 Å². The molecular formula is C28H26N6O. The standard InChI is InChI=1S/C28H26N6O/c1-31(2)24-9-11-32(18-24)28(35)21-7-8-25-23(13-21)17-33-16-22(20-5-3-19(15-29)4-6-20)14-26(33)27-30-10-12-34(25)27/h3-8,10,12-14,16,24H,9,11,17-18H2,1-2H3. The summed E-state index contributed by atoms with van der Waals surface area (Å²) in [7, 11) is 4.15. The Kier molecular flexibility index (Phi) is 5.05. The van der Waals surface area contributed by atoms with Crippen LogP contribution in [0.1, 0.15) is 27.9 Å². The van der Waals surface area contributed by atoms with E-state index < -0.39 is 0 Å².